The molecule has 0 bridgehead atoms. The number of carbonyl (C=O) groups is 2. The van der Waals surface area contributed by atoms with Crippen LogP contribution in [0.15, 0.2) is 48.5 Å². The first-order valence-electron chi connectivity index (χ1n) is 7.30. The summed E-state index contributed by atoms with van der Waals surface area (Å²) < 4.78 is 56.7. The number of hydrogen-bond donors (Lipinski definition) is 2. The lowest BCUT2D eigenvalue weighted by Crippen LogP contribution is -2.37. The molecule has 0 saturated heterocycles. The molecule has 0 heterocycles. The highest BCUT2D eigenvalue weighted by Gasteiger charge is 2.35. The van der Waals surface area contributed by atoms with Crippen molar-refractivity contribution in [1.82, 2.24) is 5.32 Å². The molecule has 9 heteroatoms. The fraction of sp³-hybridized carbons (Fsp3) is 0.176. The van der Waals surface area contributed by atoms with Crippen molar-refractivity contribution < 1.29 is 31.9 Å². The minimum absolute atomic E-state index is 0.388. The molecule has 0 aliphatic rings. The number of halogens is 4. The van der Waals surface area contributed by atoms with Crippen LogP contribution in [0.1, 0.15) is 17.2 Å². The van der Waals surface area contributed by atoms with Gasteiger partial charge in [0.1, 0.15) is 0 Å². The van der Waals surface area contributed by atoms with E-state index in [1.807, 2.05) is 5.32 Å². The number of urea groups is 1. The number of methoxy groups -OCH3 is 1. The highest BCUT2D eigenvalue weighted by Crippen LogP contribution is 2.33. The summed E-state index contributed by atoms with van der Waals surface area (Å²) in [6, 6.07) is 8.23. The first kappa shape index (κ1) is 19.2. The van der Waals surface area contributed by atoms with Gasteiger partial charge in [0.15, 0.2) is 11.9 Å². The molecule has 26 heavy (non-hydrogen) atoms. The number of alkyl halides is 3. The van der Waals surface area contributed by atoms with Crippen molar-refractivity contribution >= 4 is 17.7 Å². The Balaban J connectivity index is 2.20. The van der Waals surface area contributed by atoms with Crippen LogP contribution < -0.4 is 10.6 Å². The molecule has 0 saturated carbocycles. The fourth-order valence-electron chi connectivity index (χ4n) is 2.18. The molecule has 5 nitrogen and oxygen atoms in total. The van der Waals surface area contributed by atoms with Gasteiger partial charge in [-0.1, -0.05) is 36.4 Å². The van der Waals surface area contributed by atoms with Gasteiger partial charge in [-0.15, -0.1) is 0 Å². The van der Waals surface area contributed by atoms with Gasteiger partial charge >= 0.3 is 18.2 Å². The second-order valence-electron chi connectivity index (χ2n) is 5.13. The molecule has 1 atom stereocenters. The van der Waals surface area contributed by atoms with Crippen LogP contribution in [0, 0.1) is 5.82 Å². The predicted molar refractivity (Wildman–Crippen MR) is 84.8 cm³/mol. The molecule has 0 spiro atoms. The minimum atomic E-state index is -4.91. The number of carbonyl (C=O) groups excluding carboxylic acids is 2. The average molecular weight is 370 g/mol. The highest BCUT2D eigenvalue weighted by atomic mass is 19.4. The molecule has 0 aliphatic heterocycles. The molecule has 1 unspecified atom stereocenters. The summed E-state index contributed by atoms with van der Waals surface area (Å²) in [6.07, 6.45) is -4.91. The Morgan fingerprint density at radius 2 is 1.69 bits per heavy atom. The van der Waals surface area contributed by atoms with Crippen LogP contribution in [0.5, 0.6) is 0 Å². The number of amides is 2. The largest absolute Gasteiger partial charge is 0.467 e. The summed E-state index contributed by atoms with van der Waals surface area (Å²) in [6.45, 7) is 0. The fourth-order valence-corrected chi connectivity index (χ4v) is 2.18. The van der Waals surface area contributed by atoms with E-state index in [1.54, 1.807) is 30.3 Å². The quantitative estimate of drug-likeness (QED) is 0.634. The summed E-state index contributed by atoms with van der Waals surface area (Å²) in [5.74, 6) is -2.42. The summed E-state index contributed by atoms with van der Waals surface area (Å²) in [7, 11) is 1.12. The number of rotatable bonds is 4. The van der Waals surface area contributed by atoms with Gasteiger partial charge in [0, 0.05) is 0 Å². The van der Waals surface area contributed by atoms with Crippen LogP contribution in [0.2, 0.25) is 0 Å². The first-order chi connectivity index (χ1) is 12.2. The number of anilines is 1. The van der Waals surface area contributed by atoms with E-state index in [-0.39, 0.29) is 0 Å². The Bertz CT molecular complexity index is 794. The van der Waals surface area contributed by atoms with Gasteiger partial charge in [-0.05, 0) is 17.7 Å². The van der Waals surface area contributed by atoms with Crippen molar-refractivity contribution in [2.24, 2.45) is 0 Å². The van der Waals surface area contributed by atoms with E-state index < -0.39 is 41.3 Å². The van der Waals surface area contributed by atoms with E-state index in [4.69, 9.17) is 0 Å². The maximum absolute atomic E-state index is 14.0. The lowest BCUT2D eigenvalue weighted by atomic mass is 10.1. The smallest absolute Gasteiger partial charge is 0.419 e. The minimum Gasteiger partial charge on any atom is -0.467 e. The zero-order valence-corrected chi connectivity index (χ0v) is 13.4. The topological polar surface area (TPSA) is 67.4 Å². The maximum atomic E-state index is 14.0. The maximum Gasteiger partial charge on any atom is 0.419 e. The third kappa shape index (κ3) is 4.50. The molecule has 0 radical (unpaired) electrons. The molecule has 2 rings (SSSR count). The lowest BCUT2D eigenvalue weighted by Gasteiger charge is -2.18. The first-order valence-corrected chi connectivity index (χ1v) is 7.30. The third-order valence-electron chi connectivity index (χ3n) is 3.40. The van der Waals surface area contributed by atoms with E-state index in [1.165, 1.54) is 0 Å². The summed E-state index contributed by atoms with van der Waals surface area (Å²) in [5, 5.41) is 4.21. The monoisotopic (exact) mass is 370 g/mol. The Morgan fingerprint density at radius 1 is 1.04 bits per heavy atom. The Morgan fingerprint density at radius 3 is 2.27 bits per heavy atom. The molecule has 0 fully saturated rings. The Kier molecular flexibility index (Phi) is 5.81. The van der Waals surface area contributed by atoms with Crippen molar-refractivity contribution in [2.75, 3.05) is 12.4 Å². The average Bonchev–Trinajstić information content (AvgIpc) is 2.60. The van der Waals surface area contributed by atoms with Gasteiger partial charge in [-0.2, -0.15) is 13.2 Å². The van der Waals surface area contributed by atoms with Crippen molar-refractivity contribution in [1.29, 1.82) is 0 Å². The SMILES string of the molecule is COC(=O)C(NC(=O)Nc1cccc(C(F)(F)F)c1F)c1ccccc1. The summed E-state index contributed by atoms with van der Waals surface area (Å²) in [4.78, 5) is 23.9. The number of benzene rings is 2. The molecule has 2 aromatic rings. The summed E-state index contributed by atoms with van der Waals surface area (Å²) in [5.41, 5.74) is -1.80. The normalized spacial score (nSPS) is 12.2. The number of esters is 1. The van der Waals surface area contributed by atoms with Gasteiger partial charge in [0.2, 0.25) is 0 Å². The molecule has 0 aromatic heterocycles. The zero-order chi connectivity index (χ0) is 19.3. The van der Waals surface area contributed by atoms with Crippen LogP contribution in [-0.2, 0) is 15.7 Å². The third-order valence-corrected chi connectivity index (χ3v) is 3.40. The lowest BCUT2D eigenvalue weighted by molar-refractivity contribution is -0.143. The number of hydrogen-bond acceptors (Lipinski definition) is 3. The van der Waals surface area contributed by atoms with Gasteiger partial charge < -0.3 is 15.4 Å². The number of nitrogens with one attached hydrogen (secondary N) is 2. The molecule has 2 amide bonds. The van der Waals surface area contributed by atoms with Crippen LogP contribution in [0.4, 0.5) is 28.0 Å². The van der Waals surface area contributed by atoms with Crippen LogP contribution in [0.25, 0.3) is 0 Å². The molecule has 2 N–H and O–H groups in total. The molecular formula is C17H14F4N2O3. The predicted octanol–water partition coefficient (Wildman–Crippen LogP) is 3.88. The molecule has 0 aliphatic carbocycles. The highest BCUT2D eigenvalue weighted by molar-refractivity contribution is 5.93. The standard InChI is InChI=1S/C17H14F4N2O3/c1-26-15(24)14(10-6-3-2-4-7-10)23-16(25)22-12-9-5-8-11(13(12)18)17(19,20)21/h2-9,14H,1H3,(H2,22,23,25). The van der Waals surface area contributed by atoms with E-state index in [0.29, 0.717) is 11.6 Å². The second kappa shape index (κ2) is 7.85. The van der Waals surface area contributed by atoms with Gasteiger partial charge in [-0.25, -0.2) is 14.0 Å². The summed E-state index contributed by atoms with van der Waals surface area (Å²) >= 11 is 0. The van der Waals surface area contributed by atoms with Crippen molar-refractivity contribution in [2.45, 2.75) is 12.2 Å². The van der Waals surface area contributed by atoms with Crippen molar-refractivity contribution in [3.8, 4) is 0 Å². The van der Waals surface area contributed by atoms with Gasteiger partial charge in [0.25, 0.3) is 0 Å². The Hall–Kier alpha value is -3.10. The van der Waals surface area contributed by atoms with Crippen LogP contribution >= 0.6 is 0 Å². The number of ether oxygens (including phenoxy) is 1. The van der Waals surface area contributed by atoms with E-state index >= 15 is 0 Å². The van der Waals surface area contributed by atoms with E-state index in [0.717, 1.165) is 19.2 Å². The zero-order valence-electron chi connectivity index (χ0n) is 13.4. The van der Waals surface area contributed by atoms with Crippen LogP contribution in [-0.4, -0.2) is 19.1 Å². The van der Waals surface area contributed by atoms with Gasteiger partial charge in [-0.3, -0.25) is 0 Å². The van der Waals surface area contributed by atoms with Gasteiger partial charge in [0.05, 0.1) is 18.4 Å². The van der Waals surface area contributed by atoms with Crippen molar-refractivity contribution in [3.63, 3.8) is 0 Å². The van der Waals surface area contributed by atoms with Crippen LogP contribution in [0.3, 0.4) is 0 Å². The van der Waals surface area contributed by atoms with E-state index in [2.05, 4.69) is 10.1 Å². The second-order valence-corrected chi connectivity index (χ2v) is 5.13. The molecule has 2 aromatic carbocycles. The molecular weight excluding hydrogens is 356 g/mol. The van der Waals surface area contributed by atoms with Crippen molar-refractivity contribution in [3.05, 3.63) is 65.5 Å². The Labute approximate surface area is 146 Å². The molecule has 138 valence electrons. The van der Waals surface area contributed by atoms with E-state index in [9.17, 15) is 27.2 Å².